The first-order chi connectivity index (χ1) is 9.01. The van der Waals surface area contributed by atoms with E-state index in [1.54, 1.807) is 0 Å². The van der Waals surface area contributed by atoms with Crippen molar-refractivity contribution in [3.05, 3.63) is 29.8 Å². The van der Waals surface area contributed by atoms with Gasteiger partial charge in [0.15, 0.2) is 0 Å². The summed E-state index contributed by atoms with van der Waals surface area (Å²) in [6, 6.07) is 7.17. The van der Waals surface area contributed by atoms with E-state index in [9.17, 15) is 9.90 Å². The highest BCUT2D eigenvalue weighted by Crippen LogP contribution is 2.36. The Morgan fingerprint density at radius 3 is 2.95 bits per heavy atom. The second kappa shape index (κ2) is 5.48. The molecular formula is C14H20N2O3. The van der Waals surface area contributed by atoms with Gasteiger partial charge in [-0.3, -0.25) is 0 Å². The summed E-state index contributed by atoms with van der Waals surface area (Å²) < 4.78 is 5.50. The maximum Gasteiger partial charge on any atom is 0.315 e. The topological polar surface area (TPSA) is 70.6 Å². The molecule has 0 spiro atoms. The van der Waals surface area contributed by atoms with E-state index in [-0.39, 0.29) is 18.6 Å². The molecule has 1 aliphatic heterocycles. The van der Waals surface area contributed by atoms with Crippen LogP contribution in [0.25, 0.3) is 0 Å². The van der Waals surface area contributed by atoms with Crippen LogP contribution >= 0.6 is 0 Å². The van der Waals surface area contributed by atoms with E-state index >= 15 is 0 Å². The zero-order chi connectivity index (χ0) is 13.9. The highest BCUT2D eigenvalue weighted by molar-refractivity contribution is 5.74. The second-order valence-electron chi connectivity index (χ2n) is 5.11. The minimum absolute atomic E-state index is 0.0663. The average molecular weight is 264 g/mol. The fourth-order valence-corrected chi connectivity index (χ4v) is 2.16. The first-order valence-corrected chi connectivity index (χ1v) is 6.50. The van der Waals surface area contributed by atoms with Gasteiger partial charge in [-0.1, -0.05) is 18.2 Å². The van der Waals surface area contributed by atoms with E-state index in [1.807, 2.05) is 38.1 Å². The number of rotatable bonds is 3. The van der Waals surface area contributed by atoms with Gasteiger partial charge in [0.25, 0.3) is 0 Å². The van der Waals surface area contributed by atoms with Crippen molar-refractivity contribution >= 4 is 6.03 Å². The Hall–Kier alpha value is -1.75. The Morgan fingerprint density at radius 2 is 2.21 bits per heavy atom. The number of carbonyl (C=O) groups is 1. The fourth-order valence-electron chi connectivity index (χ4n) is 2.16. The van der Waals surface area contributed by atoms with Crippen LogP contribution in [0.5, 0.6) is 5.75 Å². The lowest BCUT2D eigenvalue weighted by Crippen LogP contribution is -2.48. The third kappa shape index (κ3) is 3.17. The third-order valence-corrected chi connectivity index (χ3v) is 3.12. The molecule has 104 valence electrons. The summed E-state index contributed by atoms with van der Waals surface area (Å²) in [7, 11) is 0. The van der Waals surface area contributed by atoms with Crippen LogP contribution in [0, 0.1) is 0 Å². The molecule has 1 aliphatic rings. The van der Waals surface area contributed by atoms with Gasteiger partial charge in [-0.25, -0.2) is 4.79 Å². The molecular weight excluding hydrogens is 244 g/mol. The summed E-state index contributed by atoms with van der Waals surface area (Å²) in [5, 5.41) is 16.1. The number of amides is 2. The molecule has 0 aliphatic carbocycles. The summed E-state index contributed by atoms with van der Waals surface area (Å²) in [6.07, 6.45) is 0.464. The predicted octanol–water partition coefficient (Wildman–Crippen LogP) is 1.36. The number of benzene rings is 1. The molecule has 0 fully saturated rings. The molecule has 1 heterocycles. The summed E-state index contributed by atoms with van der Waals surface area (Å²) in [4.78, 5) is 11.6. The monoisotopic (exact) mass is 264 g/mol. The summed E-state index contributed by atoms with van der Waals surface area (Å²) in [5.41, 5.74) is -0.338. The lowest BCUT2D eigenvalue weighted by Gasteiger charge is -2.34. The molecule has 5 nitrogen and oxygen atoms in total. The first-order valence-electron chi connectivity index (χ1n) is 6.50. The quantitative estimate of drug-likeness (QED) is 0.772. The van der Waals surface area contributed by atoms with Crippen molar-refractivity contribution in [1.82, 2.24) is 10.6 Å². The van der Waals surface area contributed by atoms with Crippen LogP contribution in [0.4, 0.5) is 4.79 Å². The van der Waals surface area contributed by atoms with Gasteiger partial charge in [-0.15, -0.1) is 0 Å². The normalized spacial score (nSPS) is 21.5. The molecule has 0 saturated carbocycles. The number of urea groups is 1. The third-order valence-electron chi connectivity index (χ3n) is 3.12. The van der Waals surface area contributed by atoms with Crippen molar-refractivity contribution in [3.8, 4) is 5.75 Å². The summed E-state index contributed by atoms with van der Waals surface area (Å²) in [6.45, 7) is 4.39. The standard InChI is InChI=1S/C14H20N2O3/c1-10(2)16-13(17)15-9-14(18)7-8-19-12-6-4-3-5-11(12)14/h3-6,10,18H,7-9H2,1-2H3,(H2,15,16,17). The maximum atomic E-state index is 11.6. The van der Waals surface area contributed by atoms with Crippen molar-refractivity contribution < 1.29 is 14.6 Å². The van der Waals surface area contributed by atoms with Gasteiger partial charge in [0, 0.05) is 18.0 Å². The van der Waals surface area contributed by atoms with E-state index in [2.05, 4.69) is 10.6 Å². The SMILES string of the molecule is CC(C)NC(=O)NCC1(O)CCOc2ccccc21. The smallest absolute Gasteiger partial charge is 0.315 e. The average Bonchev–Trinajstić information content (AvgIpc) is 2.36. The second-order valence-corrected chi connectivity index (χ2v) is 5.11. The molecule has 5 heteroatoms. The fraction of sp³-hybridized carbons (Fsp3) is 0.500. The number of hydrogen-bond acceptors (Lipinski definition) is 3. The van der Waals surface area contributed by atoms with Crippen molar-refractivity contribution in [1.29, 1.82) is 0 Å². The Balaban J connectivity index is 2.06. The molecule has 3 N–H and O–H groups in total. The Kier molecular flexibility index (Phi) is 3.95. The van der Waals surface area contributed by atoms with Gasteiger partial charge >= 0.3 is 6.03 Å². The van der Waals surface area contributed by atoms with Crippen molar-refractivity contribution in [2.75, 3.05) is 13.2 Å². The molecule has 0 radical (unpaired) electrons. The van der Waals surface area contributed by atoms with Crippen LogP contribution in [0.2, 0.25) is 0 Å². The van der Waals surface area contributed by atoms with E-state index in [1.165, 1.54) is 0 Å². The number of para-hydroxylation sites is 1. The Bertz CT molecular complexity index is 462. The van der Waals surface area contributed by atoms with Crippen molar-refractivity contribution in [2.24, 2.45) is 0 Å². The first kappa shape index (κ1) is 13.7. The number of aliphatic hydroxyl groups is 1. The molecule has 2 amide bonds. The van der Waals surface area contributed by atoms with Crippen LogP contribution in [-0.4, -0.2) is 30.3 Å². The number of nitrogens with one attached hydrogen (secondary N) is 2. The highest BCUT2D eigenvalue weighted by Gasteiger charge is 2.35. The Morgan fingerprint density at radius 1 is 1.47 bits per heavy atom. The van der Waals surface area contributed by atoms with Gasteiger partial charge < -0.3 is 20.5 Å². The molecule has 2 rings (SSSR count). The molecule has 0 bridgehead atoms. The maximum absolute atomic E-state index is 11.6. The zero-order valence-electron chi connectivity index (χ0n) is 11.3. The van der Waals surface area contributed by atoms with Crippen molar-refractivity contribution in [3.63, 3.8) is 0 Å². The lowest BCUT2D eigenvalue weighted by molar-refractivity contribution is 0.0000226. The van der Waals surface area contributed by atoms with Crippen molar-refractivity contribution in [2.45, 2.75) is 31.9 Å². The van der Waals surface area contributed by atoms with Gasteiger partial charge in [-0.2, -0.15) is 0 Å². The van der Waals surface area contributed by atoms with Gasteiger partial charge in [0.1, 0.15) is 11.4 Å². The largest absolute Gasteiger partial charge is 0.493 e. The molecule has 1 atom stereocenters. The van der Waals surface area contributed by atoms with Crippen LogP contribution in [0.3, 0.4) is 0 Å². The van der Waals surface area contributed by atoms with Gasteiger partial charge in [0.2, 0.25) is 0 Å². The van der Waals surface area contributed by atoms with E-state index in [4.69, 9.17) is 4.74 Å². The minimum Gasteiger partial charge on any atom is -0.493 e. The van der Waals surface area contributed by atoms with Crippen LogP contribution < -0.4 is 15.4 Å². The van der Waals surface area contributed by atoms with Gasteiger partial charge in [0.05, 0.1) is 13.2 Å². The minimum atomic E-state index is -1.07. The molecule has 0 saturated heterocycles. The van der Waals surface area contributed by atoms with Crippen LogP contribution in [0.15, 0.2) is 24.3 Å². The predicted molar refractivity (Wildman–Crippen MR) is 72.1 cm³/mol. The zero-order valence-corrected chi connectivity index (χ0v) is 11.3. The molecule has 1 aromatic rings. The van der Waals surface area contributed by atoms with E-state index in [0.29, 0.717) is 18.8 Å². The van der Waals surface area contributed by atoms with Gasteiger partial charge in [-0.05, 0) is 19.9 Å². The number of ether oxygens (including phenoxy) is 1. The molecule has 0 aromatic heterocycles. The molecule has 19 heavy (non-hydrogen) atoms. The van der Waals surface area contributed by atoms with Crippen LogP contribution in [0.1, 0.15) is 25.8 Å². The lowest BCUT2D eigenvalue weighted by atomic mass is 9.88. The number of carbonyl (C=O) groups excluding carboxylic acids is 1. The van der Waals surface area contributed by atoms with E-state index < -0.39 is 5.60 Å². The molecule has 1 unspecified atom stereocenters. The highest BCUT2D eigenvalue weighted by atomic mass is 16.5. The number of hydrogen-bond donors (Lipinski definition) is 3. The van der Waals surface area contributed by atoms with E-state index in [0.717, 1.165) is 5.56 Å². The Labute approximate surface area is 113 Å². The number of fused-ring (bicyclic) bond motifs is 1. The van der Waals surface area contributed by atoms with Crippen LogP contribution in [-0.2, 0) is 5.60 Å². The summed E-state index contributed by atoms with van der Waals surface area (Å²) >= 11 is 0. The molecule has 1 aromatic carbocycles. The summed E-state index contributed by atoms with van der Waals surface area (Å²) in [5.74, 6) is 0.683.